The molecular formula is C43H45N3. The predicted octanol–water partition coefficient (Wildman–Crippen LogP) is 12.7. The number of anilines is 6. The lowest BCUT2D eigenvalue weighted by Gasteiger charge is -2.32. The Bertz CT molecular complexity index is 2020. The maximum Gasteiger partial charge on any atom is 0.140 e. The SMILES string of the molecule is Cc1ccccc1N(c1cc(N(c2ccccc2C)c2ccc(C(C)C)cc2C)c2ccccc2n1)c1ccc(C(C)C)cc1C. The van der Waals surface area contributed by atoms with E-state index in [-0.39, 0.29) is 0 Å². The van der Waals surface area contributed by atoms with Crippen LogP contribution in [0, 0.1) is 27.7 Å². The summed E-state index contributed by atoms with van der Waals surface area (Å²) in [7, 11) is 0. The Morgan fingerprint density at radius 3 is 1.41 bits per heavy atom. The molecule has 0 amide bonds. The molecule has 0 saturated heterocycles. The summed E-state index contributed by atoms with van der Waals surface area (Å²) in [5, 5.41) is 1.11. The molecule has 232 valence electrons. The number of hydrogen-bond donors (Lipinski definition) is 0. The minimum Gasteiger partial charge on any atom is -0.309 e. The molecule has 0 spiro atoms. The molecule has 0 aliphatic rings. The van der Waals surface area contributed by atoms with Gasteiger partial charge in [-0.15, -0.1) is 0 Å². The van der Waals surface area contributed by atoms with Crippen LogP contribution in [-0.4, -0.2) is 4.98 Å². The van der Waals surface area contributed by atoms with E-state index < -0.39 is 0 Å². The lowest BCUT2D eigenvalue weighted by Crippen LogP contribution is -2.17. The average molecular weight is 604 g/mol. The van der Waals surface area contributed by atoms with Gasteiger partial charge in [0.1, 0.15) is 5.82 Å². The number of pyridine rings is 1. The second kappa shape index (κ2) is 12.8. The molecule has 46 heavy (non-hydrogen) atoms. The summed E-state index contributed by atoms with van der Waals surface area (Å²) >= 11 is 0. The van der Waals surface area contributed by atoms with Crippen LogP contribution in [0.3, 0.4) is 0 Å². The van der Waals surface area contributed by atoms with Gasteiger partial charge in [-0.1, -0.05) is 107 Å². The van der Waals surface area contributed by atoms with Gasteiger partial charge < -0.3 is 4.90 Å². The van der Waals surface area contributed by atoms with Crippen LogP contribution >= 0.6 is 0 Å². The fraction of sp³-hybridized carbons (Fsp3) is 0.233. The first-order chi connectivity index (χ1) is 22.1. The highest BCUT2D eigenvalue weighted by Crippen LogP contribution is 2.46. The molecule has 0 N–H and O–H groups in total. The Morgan fingerprint density at radius 2 is 0.891 bits per heavy atom. The van der Waals surface area contributed by atoms with Crippen molar-refractivity contribution in [1.82, 2.24) is 4.98 Å². The van der Waals surface area contributed by atoms with Crippen molar-refractivity contribution < 1.29 is 0 Å². The minimum absolute atomic E-state index is 0.457. The molecule has 0 fully saturated rings. The normalized spacial score (nSPS) is 11.4. The smallest absolute Gasteiger partial charge is 0.140 e. The number of fused-ring (bicyclic) bond motifs is 1. The summed E-state index contributed by atoms with van der Waals surface area (Å²) in [4.78, 5) is 10.2. The van der Waals surface area contributed by atoms with E-state index in [9.17, 15) is 0 Å². The van der Waals surface area contributed by atoms with Gasteiger partial charge in [0.05, 0.1) is 22.6 Å². The first-order valence-corrected chi connectivity index (χ1v) is 16.5. The Morgan fingerprint density at radius 1 is 0.435 bits per heavy atom. The van der Waals surface area contributed by atoms with Crippen molar-refractivity contribution in [2.24, 2.45) is 0 Å². The van der Waals surface area contributed by atoms with E-state index in [2.05, 4.69) is 180 Å². The number of hydrogen-bond acceptors (Lipinski definition) is 3. The van der Waals surface area contributed by atoms with Gasteiger partial charge in [0.25, 0.3) is 0 Å². The number of rotatable bonds is 8. The lowest BCUT2D eigenvalue weighted by atomic mass is 9.98. The average Bonchev–Trinajstić information content (AvgIpc) is 3.04. The highest BCUT2D eigenvalue weighted by atomic mass is 15.2. The topological polar surface area (TPSA) is 19.4 Å². The van der Waals surface area contributed by atoms with Crippen LogP contribution in [0.25, 0.3) is 10.9 Å². The zero-order valence-corrected chi connectivity index (χ0v) is 28.5. The van der Waals surface area contributed by atoms with Crippen molar-refractivity contribution in [1.29, 1.82) is 0 Å². The standard InChI is InChI=1S/C43H45N3/c1-28(2)34-21-23-40(32(7)25-34)45(38-19-13-9-15-30(38)5)42-27-43(44-37-18-12-11-17-36(37)42)46(39-20-14-10-16-31(39)6)41-24-22-35(29(3)4)26-33(41)8/h9-29H,1-8H3. The van der Waals surface area contributed by atoms with Crippen molar-refractivity contribution in [3.8, 4) is 0 Å². The number of aryl methyl sites for hydroxylation is 4. The van der Waals surface area contributed by atoms with Gasteiger partial charge in [0, 0.05) is 22.8 Å². The van der Waals surface area contributed by atoms with E-state index in [1.165, 1.54) is 39.1 Å². The fourth-order valence-electron chi connectivity index (χ4n) is 6.41. The number of benzene rings is 5. The Kier molecular flexibility index (Phi) is 8.69. The quantitative estimate of drug-likeness (QED) is 0.172. The first-order valence-electron chi connectivity index (χ1n) is 16.5. The fourth-order valence-corrected chi connectivity index (χ4v) is 6.41. The third kappa shape index (κ3) is 5.90. The van der Waals surface area contributed by atoms with Crippen molar-refractivity contribution in [3.05, 3.63) is 149 Å². The molecule has 3 nitrogen and oxygen atoms in total. The minimum atomic E-state index is 0.457. The van der Waals surface area contributed by atoms with E-state index in [1.807, 2.05) is 0 Å². The Balaban J connectivity index is 1.67. The van der Waals surface area contributed by atoms with Crippen LogP contribution in [-0.2, 0) is 0 Å². The van der Waals surface area contributed by atoms with Crippen molar-refractivity contribution in [3.63, 3.8) is 0 Å². The van der Waals surface area contributed by atoms with Gasteiger partial charge in [0.15, 0.2) is 0 Å². The molecule has 0 aliphatic heterocycles. The Hall–Kier alpha value is -4.89. The number of nitrogens with zero attached hydrogens (tertiary/aromatic N) is 3. The molecule has 0 radical (unpaired) electrons. The molecule has 6 aromatic rings. The molecule has 3 heteroatoms. The molecule has 0 atom stereocenters. The van der Waals surface area contributed by atoms with Crippen LogP contribution < -0.4 is 9.80 Å². The second-order valence-corrected chi connectivity index (χ2v) is 13.2. The van der Waals surface area contributed by atoms with Crippen molar-refractivity contribution in [2.45, 2.75) is 67.2 Å². The third-order valence-electron chi connectivity index (χ3n) is 9.12. The zero-order chi connectivity index (χ0) is 32.5. The van der Waals surface area contributed by atoms with E-state index in [1.54, 1.807) is 0 Å². The van der Waals surface area contributed by atoms with Gasteiger partial charge in [-0.3, -0.25) is 4.90 Å². The van der Waals surface area contributed by atoms with Crippen LogP contribution in [0.4, 0.5) is 34.3 Å². The molecule has 1 aromatic heterocycles. The van der Waals surface area contributed by atoms with E-state index in [0.29, 0.717) is 11.8 Å². The third-order valence-corrected chi connectivity index (χ3v) is 9.12. The molecule has 0 saturated carbocycles. The maximum atomic E-state index is 5.38. The predicted molar refractivity (Wildman–Crippen MR) is 198 cm³/mol. The van der Waals surface area contributed by atoms with Crippen molar-refractivity contribution in [2.75, 3.05) is 9.80 Å². The van der Waals surface area contributed by atoms with Crippen molar-refractivity contribution >= 4 is 45.2 Å². The maximum absolute atomic E-state index is 5.38. The van der Waals surface area contributed by atoms with E-state index in [4.69, 9.17) is 4.98 Å². The molecule has 0 bridgehead atoms. The van der Waals surface area contributed by atoms with Gasteiger partial charge in [-0.25, -0.2) is 4.98 Å². The molecule has 0 unspecified atom stereocenters. The first kappa shape index (κ1) is 31.1. The number of para-hydroxylation sites is 3. The number of aromatic nitrogens is 1. The van der Waals surface area contributed by atoms with Crippen LogP contribution in [0.1, 0.15) is 72.9 Å². The lowest BCUT2D eigenvalue weighted by molar-refractivity contribution is 0.864. The largest absolute Gasteiger partial charge is 0.309 e. The summed E-state index contributed by atoms with van der Waals surface area (Å²) in [6.07, 6.45) is 0. The summed E-state index contributed by atoms with van der Waals surface area (Å²) in [6, 6.07) is 41.9. The highest BCUT2D eigenvalue weighted by molar-refractivity contribution is 6.00. The van der Waals surface area contributed by atoms with Crippen LogP contribution in [0.15, 0.2) is 115 Å². The molecule has 1 heterocycles. The highest BCUT2D eigenvalue weighted by Gasteiger charge is 2.24. The zero-order valence-electron chi connectivity index (χ0n) is 28.5. The molecule has 0 aliphatic carbocycles. The van der Waals surface area contributed by atoms with Gasteiger partial charge in [-0.05, 0) is 103 Å². The van der Waals surface area contributed by atoms with Gasteiger partial charge in [0.2, 0.25) is 0 Å². The van der Waals surface area contributed by atoms with Gasteiger partial charge in [-0.2, -0.15) is 0 Å². The summed E-state index contributed by atoms with van der Waals surface area (Å²) in [5.74, 6) is 1.80. The molecule has 5 aromatic carbocycles. The van der Waals surface area contributed by atoms with E-state index >= 15 is 0 Å². The summed E-state index contributed by atoms with van der Waals surface area (Å²) < 4.78 is 0. The van der Waals surface area contributed by atoms with Crippen LogP contribution in [0.5, 0.6) is 0 Å². The van der Waals surface area contributed by atoms with E-state index in [0.717, 1.165) is 39.5 Å². The molecule has 6 rings (SSSR count). The van der Waals surface area contributed by atoms with Crippen LogP contribution in [0.2, 0.25) is 0 Å². The summed E-state index contributed by atoms with van der Waals surface area (Å²) in [6.45, 7) is 17.8. The molecular weight excluding hydrogens is 558 g/mol. The summed E-state index contributed by atoms with van der Waals surface area (Å²) in [5.41, 5.74) is 14.2. The second-order valence-electron chi connectivity index (χ2n) is 13.2. The monoisotopic (exact) mass is 603 g/mol. The Labute approximate surface area is 275 Å². The van der Waals surface area contributed by atoms with Gasteiger partial charge >= 0.3 is 0 Å².